The number of ketones is 2. The van der Waals surface area contributed by atoms with Gasteiger partial charge in [-0.1, -0.05) is 42.4 Å². The van der Waals surface area contributed by atoms with Gasteiger partial charge in [-0.15, -0.1) is 0 Å². The maximum absolute atomic E-state index is 11.4. The smallest absolute Gasteiger partial charge is 0.245 e. The molecule has 0 bridgehead atoms. The highest BCUT2D eigenvalue weighted by molar-refractivity contribution is 6.64. The number of rotatable bonds is 6. The summed E-state index contributed by atoms with van der Waals surface area (Å²) in [6, 6.07) is 9.47. The third-order valence-corrected chi connectivity index (χ3v) is 2.18. The quantitative estimate of drug-likeness (QED) is 0.429. The third-order valence-electron chi connectivity index (χ3n) is 2.18. The molecule has 0 aliphatic rings. The Bertz CT molecular complexity index is 424. The summed E-state index contributed by atoms with van der Waals surface area (Å²) in [5, 5.41) is 3.63. The van der Waals surface area contributed by atoms with Crippen LogP contribution >= 0.6 is 0 Å². The Hall–Kier alpha value is -1.97. The molecule has 0 saturated carbocycles. The second-order valence-corrected chi connectivity index (χ2v) is 3.54. The highest BCUT2D eigenvalue weighted by atomic mass is 16.6. The molecule has 0 N–H and O–H groups in total. The topological polar surface area (TPSA) is 55.7 Å². The lowest BCUT2D eigenvalue weighted by Crippen LogP contribution is -2.20. The number of nitrogens with zero attached hydrogens (tertiary/aromatic N) is 1. The fourth-order valence-electron chi connectivity index (χ4n) is 1.18. The Morgan fingerprint density at radius 2 is 1.88 bits per heavy atom. The van der Waals surface area contributed by atoms with Crippen molar-refractivity contribution < 1.29 is 14.4 Å². The maximum atomic E-state index is 11.4. The van der Waals surface area contributed by atoms with E-state index >= 15 is 0 Å². The van der Waals surface area contributed by atoms with E-state index in [0.29, 0.717) is 0 Å². The number of carbonyl (C=O) groups excluding carboxylic acids is 2. The monoisotopic (exact) mass is 233 g/mol. The van der Waals surface area contributed by atoms with Crippen LogP contribution in [-0.4, -0.2) is 17.3 Å². The molecule has 1 aromatic carbocycles. The first kappa shape index (κ1) is 13.1. The zero-order valence-corrected chi connectivity index (χ0v) is 9.97. The normalized spacial score (nSPS) is 11.1. The molecule has 0 fully saturated rings. The van der Waals surface area contributed by atoms with E-state index in [1.165, 1.54) is 6.92 Å². The number of benzene rings is 1. The van der Waals surface area contributed by atoms with Crippen molar-refractivity contribution in [1.82, 2.24) is 0 Å². The average Bonchev–Trinajstić information content (AvgIpc) is 2.38. The second kappa shape index (κ2) is 6.58. The van der Waals surface area contributed by atoms with Crippen molar-refractivity contribution in [3.05, 3.63) is 35.9 Å². The molecule has 0 aliphatic carbocycles. The van der Waals surface area contributed by atoms with Gasteiger partial charge in [-0.25, -0.2) is 0 Å². The lowest BCUT2D eigenvalue weighted by atomic mass is 10.1. The van der Waals surface area contributed by atoms with E-state index < -0.39 is 11.6 Å². The predicted molar refractivity (Wildman–Crippen MR) is 64.6 cm³/mol. The van der Waals surface area contributed by atoms with Gasteiger partial charge in [0.15, 0.2) is 0 Å². The van der Waals surface area contributed by atoms with Gasteiger partial charge >= 0.3 is 0 Å². The Kier molecular flexibility index (Phi) is 5.07. The van der Waals surface area contributed by atoms with Gasteiger partial charge in [-0.3, -0.25) is 9.59 Å². The van der Waals surface area contributed by atoms with Crippen molar-refractivity contribution in [2.45, 2.75) is 26.9 Å². The van der Waals surface area contributed by atoms with E-state index in [-0.39, 0.29) is 18.7 Å². The third kappa shape index (κ3) is 4.18. The Labute approximate surface area is 100 Å². The predicted octanol–water partition coefficient (Wildman–Crippen LogP) is 2.13. The summed E-state index contributed by atoms with van der Waals surface area (Å²) in [6.45, 7) is 3.39. The van der Waals surface area contributed by atoms with Crippen LogP contribution in [0, 0.1) is 0 Å². The molecule has 0 spiro atoms. The second-order valence-electron chi connectivity index (χ2n) is 3.54. The highest BCUT2D eigenvalue weighted by Gasteiger charge is 2.14. The number of carbonyl (C=O) groups is 2. The van der Waals surface area contributed by atoms with Gasteiger partial charge in [-0.05, 0) is 12.5 Å². The SMILES string of the molecule is CCC(=O)C(=O)C(C)=NOCc1ccccc1. The molecular weight excluding hydrogens is 218 g/mol. The molecule has 0 heterocycles. The summed E-state index contributed by atoms with van der Waals surface area (Å²) in [7, 11) is 0. The Morgan fingerprint density at radius 1 is 1.24 bits per heavy atom. The largest absolute Gasteiger partial charge is 0.391 e. The standard InChI is InChI=1S/C13H15NO3/c1-3-12(15)13(16)10(2)14-17-9-11-7-5-4-6-8-11/h4-8H,3,9H2,1-2H3. The van der Waals surface area contributed by atoms with Gasteiger partial charge in [0.25, 0.3) is 0 Å². The van der Waals surface area contributed by atoms with Crippen LogP contribution in [0.25, 0.3) is 0 Å². The number of hydrogen-bond acceptors (Lipinski definition) is 4. The van der Waals surface area contributed by atoms with Crippen LogP contribution in [0.15, 0.2) is 35.5 Å². The van der Waals surface area contributed by atoms with Crippen LogP contribution in [-0.2, 0) is 21.0 Å². The van der Waals surface area contributed by atoms with Crippen molar-refractivity contribution in [1.29, 1.82) is 0 Å². The van der Waals surface area contributed by atoms with E-state index in [4.69, 9.17) is 4.84 Å². The molecule has 90 valence electrons. The van der Waals surface area contributed by atoms with E-state index in [1.54, 1.807) is 6.92 Å². The zero-order valence-electron chi connectivity index (χ0n) is 9.97. The molecule has 1 rings (SSSR count). The molecule has 4 nitrogen and oxygen atoms in total. The molecule has 0 amide bonds. The van der Waals surface area contributed by atoms with Crippen molar-refractivity contribution in [3.8, 4) is 0 Å². The molecule has 17 heavy (non-hydrogen) atoms. The average molecular weight is 233 g/mol. The maximum Gasteiger partial charge on any atom is 0.245 e. The van der Waals surface area contributed by atoms with Gasteiger partial charge < -0.3 is 4.84 Å². The van der Waals surface area contributed by atoms with Crippen molar-refractivity contribution in [2.75, 3.05) is 0 Å². The van der Waals surface area contributed by atoms with E-state index in [1.807, 2.05) is 30.3 Å². The molecule has 4 heteroatoms. The lowest BCUT2D eigenvalue weighted by molar-refractivity contribution is -0.132. The summed E-state index contributed by atoms with van der Waals surface area (Å²) in [5.41, 5.74) is 1.05. The van der Waals surface area contributed by atoms with Gasteiger partial charge in [0, 0.05) is 6.42 Å². The fraction of sp³-hybridized carbons (Fsp3) is 0.308. The Morgan fingerprint density at radius 3 is 2.47 bits per heavy atom. The minimum atomic E-state index is -0.583. The zero-order chi connectivity index (χ0) is 12.7. The van der Waals surface area contributed by atoms with Crippen LogP contribution in [0.1, 0.15) is 25.8 Å². The number of oxime groups is 1. The first-order valence-electron chi connectivity index (χ1n) is 5.43. The van der Waals surface area contributed by atoms with Crippen LogP contribution in [0.5, 0.6) is 0 Å². The summed E-state index contributed by atoms with van der Waals surface area (Å²) >= 11 is 0. The van der Waals surface area contributed by atoms with Gasteiger partial charge in [0.1, 0.15) is 12.3 Å². The van der Waals surface area contributed by atoms with E-state index in [2.05, 4.69) is 5.16 Å². The summed E-state index contributed by atoms with van der Waals surface area (Å²) < 4.78 is 0. The van der Waals surface area contributed by atoms with Crippen LogP contribution < -0.4 is 0 Å². The van der Waals surface area contributed by atoms with E-state index in [0.717, 1.165) is 5.56 Å². The lowest BCUT2D eigenvalue weighted by Gasteiger charge is -2.01. The molecule has 1 aromatic rings. The molecule has 0 atom stereocenters. The molecule has 0 saturated heterocycles. The van der Waals surface area contributed by atoms with Gasteiger partial charge in [-0.2, -0.15) is 0 Å². The van der Waals surface area contributed by atoms with Crippen LogP contribution in [0.4, 0.5) is 0 Å². The van der Waals surface area contributed by atoms with E-state index in [9.17, 15) is 9.59 Å². The molecule has 0 aromatic heterocycles. The first-order chi connectivity index (χ1) is 8.15. The number of Topliss-reactive ketones (excluding diaryl/α,β-unsaturated/α-hetero) is 2. The van der Waals surface area contributed by atoms with Crippen molar-refractivity contribution in [2.24, 2.45) is 5.16 Å². The van der Waals surface area contributed by atoms with Gasteiger partial charge in [0.2, 0.25) is 11.6 Å². The Balaban J connectivity index is 2.49. The minimum absolute atomic E-state index is 0.0905. The first-order valence-corrected chi connectivity index (χ1v) is 5.43. The van der Waals surface area contributed by atoms with Crippen LogP contribution in [0.2, 0.25) is 0 Å². The number of hydrogen-bond donors (Lipinski definition) is 0. The molecule has 0 aliphatic heterocycles. The van der Waals surface area contributed by atoms with Crippen LogP contribution in [0.3, 0.4) is 0 Å². The molecule has 0 radical (unpaired) electrons. The molecular formula is C13H15NO3. The van der Waals surface area contributed by atoms with Gasteiger partial charge in [0.05, 0.1) is 0 Å². The van der Waals surface area contributed by atoms with Crippen molar-refractivity contribution in [3.63, 3.8) is 0 Å². The highest BCUT2D eigenvalue weighted by Crippen LogP contribution is 2.01. The van der Waals surface area contributed by atoms with Crippen molar-refractivity contribution >= 4 is 17.3 Å². The minimum Gasteiger partial charge on any atom is -0.391 e. The fourth-order valence-corrected chi connectivity index (χ4v) is 1.18. The summed E-state index contributed by atoms with van der Waals surface area (Å²) in [5.74, 6) is -1.03. The summed E-state index contributed by atoms with van der Waals surface area (Å²) in [4.78, 5) is 27.5. The molecule has 0 unspecified atom stereocenters. The summed E-state index contributed by atoms with van der Waals surface area (Å²) in [6.07, 6.45) is 0.185.